The predicted octanol–water partition coefficient (Wildman–Crippen LogP) is 1.76. The molecule has 0 aliphatic carbocycles. The van der Waals surface area contributed by atoms with Gasteiger partial charge >= 0.3 is 0 Å². The Labute approximate surface area is 89.6 Å². The van der Waals surface area contributed by atoms with Gasteiger partial charge in [0.2, 0.25) is 0 Å². The first kappa shape index (κ1) is 9.93. The van der Waals surface area contributed by atoms with E-state index in [1.54, 1.807) is 6.20 Å². The second-order valence-electron chi connectivity index (χ2n) is 3.76. The third kappa shape index (κ3) is 2.25. The quantitative estimate of drug-likeness (QED) is 0.822. The van der Waals surface area contributed by atoms with Crippen LogP contribution >= 0.6 is 0 Å². The largest absolute Gasteiger partial charge is 0.328 e. The highest BCUT2D eigenvalue weighted by Gasteiger charge is 2.04. The van der Waals surface area contributed by atoms with Gasteiger partial charge in [0, 0.05) is 30.6 Å². The molecular weight excluding hydrogens is 186 g/mol. The Morgan fingerprint density at radius 2 is 2.27 bits per heavy atom. The van der Waals surface area contributed by atoms with Crippen LogP contribution in [-0.2, 0) is 6.42 Å². The molecule has 0 saturated heterocycles. The molecule has 0 aliphatic rings. The van der Waals surface area contributed by atoms with Crippen LogP contribution in [0, 0.1) is 0 Å². The lowest BCUT2D eigenvalue weighted by molar-refractivity contribution is 0.709. The maximum atomic E-state index is 5.80. The van der Waals surface area contributed by atoms with Gasteiger partial charge in [0.25, 0.3) is 0 Å². The van der Waals surface area contributed by atoms with E-state index in [2.05, 4.69) is 15.6 Å². The van der Waals surface area contributed by atoms with Crippen LogP contribution in [-0.4, -0.2) is 15.6 Å². The standard InChI is InChI=1S/C12H15N3/c1-10(13)8-11-5-3-7-15(11)12-4-2-6-14-9-12/h2-7,9-10H,8,13H2,1H3. The van der Waals surface area contributed by atoms with Gasteiger partial charge in [-0.05, 0) is 31.2 Å². The third-order valence-corrected chi connectivity index (χ3v) is 2.29. The number of nitrogens with zero attached hydrogens (tertiary/aromatic N) is 2. The number of rotatable bonds is 3. The van der Waals surface area contributed by atoms with E-state index in [9.17, 15) is 0 Å². The minimum absolute atomic E-state index is 0.176. The van der Waals surface area contributed by atoms with Crippen LogP contribution in [0.4, 0.5) is 0 Å². The van der Waals surface area contributed by atoms with Crippen LogP contribution in [0.2, 0.25) is 0 Å². The molecule has 0 spiro atoms. The van der Waals surface area contributed by atoms with Crippen LogP contribution in [0.25, 0.3) is 5.69 Å². The van der Waals surface area contributed by atoms with Gasteiger partial charge in [0.1, 0.15) is 0 Å². The van der Waals surface area contributed by atoms with E-state index in [4.69, 9.17) is 5.73 Å². The first-order valence-corrected chi connectivity index (χ1v) is 5.09. The molecule has 1 unspecified atom stereocenters. The van der Waals surface area contributed by atoms with E-state index >= 15 is 0 Å². The zero-order valence-corrected chi connectivity index (χ0v) is 8.80. The molecule has 2 N–H and O–H groups in total. The zero-order chi connectivity index (χ0) is 10.7. The summed E-state index contributed by atoms with van der Waals surface area (Å²) >= 11 is 0. The van der Waals surface area contributed by atoms with E-state index in [1.807, 2.05) is 37.5 Å². The van der Waals surface area contributed by atoms with Gasteiger partial charge in [-0.2, -0.15) is 0 Å². The average Bonchev–Trinajstić information content (AvgIpc) is 2.66. The number of hydrogen-bond donors (Lipinski definition) is 1. The number of hydrogen-bond acceptors (Lipinski definition) is 2. The molecule has 2 aromatic rings. The van der Waals surface area contributed by atoms with Crippen molar-refractivity contribution in [2.75, 3.05) is 0 Å². The summed E-state index contributed by atoms with van der Waals surface area (Å²) in [5, 5.41) is 0. The second-order valence-corrected chi connectivity index (χ2v) is 3.76. The van der Waals surface area contributed by atoms with Crippen LogP contribution in [0.1, 0.15) is 12.6 Å². The van der Waals surface area contributed by atoms with Crippen molar-refractivity contribution < 1.29 is 0 Å². The normalized spacial score (nSPS) is 12.7. The van der Waals surface area contributed by atoms with Gasteiger partial charge in [-0.1, -0.05) is 0 Å². The first-order chi connectivity index (χ1) is 7.27. The van der Waals surface area contributed by atoms with Crippen molar-refractivity contribution >= 4 is 0 Å². The Morgan fingerprint density at radius 1 is 1.40 bits per heavy atom. The van der Waals surface area contributed by atoms with Gasteiger partial charge in [0.15, 0.2) is 0 Å². The minimum atomic E-state index is 0.176. The van der Waals surface area contributed by atoms with Crippen molar-refractivity contribution in [3.05, 3.63) is 48.5 Å². The average molecular weight is 201 g/mol. The summed E-state index contributed by atoms with van der Waals surface area (Å²) in [6.07, 6.45) is 6.54. The smallest absolute Gasteiger partial charge is 0.0635 e. The Balaban J connectivity index is 2.33. The zero-order valence-electron chi connectivity index (χ0n) is 8.80. The van der Waals surface area contributed by atoms with E-state index in [0.717, 1.165) is 12.1 Å². The summed E-state index contributed by atoms with van der Waals surface area (Å²) in [7, 11) is 0. The Morgan fingerprint density at radius 3 is 2.93 bits per heavy atom. The SMILES string of the molecule is CC(N)Cc1cccn1-c1cccnc1. The molecule has 0 aromatic carbocycles. The van der Waals surface area contributed by atoms with E-state index in [-0.39, 0.29) is 6.04 Å². The van der Waals surface area contributed by atoms with E-state index < -0.39 is 0 Å². The molecule has 0 radical (unpaired) electrons. The van der Waals surface area contributed by atoms with Crippen molar-refractivity contribution in [3.8, 4) is 5.69 Å². The molecule has 0 fully saturated rings. The number of nitrogens with two attached hydrogens (primary N) is 1. The van der Waals surface area contributed by atoms with Crippen molar-refractivity contribution in [2.45, 2.75) is 19.4 Å². The summed E-state index contributed by atoms with van der Waals surface area (Å²) in [5.74, 6) is 0. The molecular formula is C12H15N3. The third-order valence-electron chi connectivity index (χ3n) is 2.29. The molecule has 0 bridgehead atoms. The predicted molar refractivity (Wildman–Crippen MR) is 60.9 cm³/mol. The molecule has 3 heteroatoms. The van der Waals surface area contributed by atoms with Crippen molar-refractivity contribution in [1.82, 2.24) is 9.55 Å². The van der Waals surface area contributed by atoms with Gasteiger partial charge in [-0.15, -0.1) is 0 Å². The maximum absolute atomic E-state index is 5.80. The molecule has 2 rings (SSSR count). The minimum Gasteiger partial charge on any atom is -0.328 e. The van der Waals surface area contributed by atoms with Crippen LogP contribution in [0.5, 0.6) is 0 Å². The highest BCUT2D eigenvalue weighted by molar-refractivity contribution is 5.32. The van der Waals surface area contributed by atoms with Crippen molar-refractivity contribution in [3.63, 3.8) is 0 Å². The van der Waals surface area contributed by atoms with Gasteiger partial charge in [-0.3, -0.25) is 4.98 Å². The first-order valence-electron chi connectivity index (χ1n) is 5.09. The fourth-order valence-electron chi connectivity index (χ4n) is 1.66. The second kappa shape index (κ2) is 4.28. The lowest BCUT2D eigenvalue weighted by Crippen LogP contribution is -2.19. The fraction of sp³-hybridized carbons (Fsp3) is 0.250. The summed E-state index contributed by atoms with van der Waals surface area (Å²) in [6.45, 7) is 2.01. The topological polar surface area (TPSA) is 43.8 Å². The molecule has 2 aromatic heterocycles. The molecule has 1 atom stereocenters. The maximum Gasteiger partial charge on any atom is 0.0635 e. The van der Waals surface area contributed by atoms with Crippen LogP contribution in [0.3, 0.4) is 0 Å². The summed E-state index contributed by atoms with van der Waals surface area (Å²) in [5.41, 5.74) is 8.10. The molecule has 78 valence electrons. The summed E-state index contributed by atoms with van der Waals surface area (Å²) < 4.78 is 2.12. The highest BCUT2D eigenvalue weighted by atomic mass is 15.0. The molecule has 0 amide bonds. The molecule has 2 heterocycles. The lowest BCUT2D eigenvalue weighted by Gasteiger charge is -2.10. The van der Waals surface area contributed by atoms with Gasteiger partial charge in [-0.25, -0.2) is 0 Å². The lowest BCUT2D eigenvalue weighted by atomic mass is 10.2. The van der Waals surface area contributed by atoms with Gasteiger partial charge < -0.3 is 10.3 Å². The highest BCUT2D eigenvalue weighted by Crippen LogP contribution is 2.12. The number of pyridine rings is 1. The molecule has 0 aliphatic heterocycles. The summed E-state index contributed by atoms with van der Waals surface area (Å²) in [6, 6.07) is 8.28. The molecule has 15 heavy (non-hydrogen) atoms. The van der Waals surface area contributed by atoms with E-state index in [1.165, 1.54) is 5.69 Å². The molecule has 3 nitrogen and oxygen atoms in total. The molecule has 0 saturated carbocycles. The monoisotopic (exact) mass is 201 g/mol. The van der Waals surface area contributed by atoms with E-state index in [0.29, 0.717) is 0 Å². The Bertz CT molecular complexity index is 417. The number of aromatic nitrogens is 2. The van der Waals surface area contributed by atoms with Crippen LogP contribution < -0.4 is 5.73 Å². The van der Waals surface area contributed by atoms with Crippen molar-refractivity contribution in [2.24, 2.45) is 5.73 Å². The van der Waals surface area contributed by atoms with Crippen LogP contribution in [0.15, 0.2) is 42.9 Å². The Kier molecular flexibility index (Phi) is 2.83. The fourth-order valence-corrected chi connectivity index (χ4v) is 1.66. The summed E-state index contributed by atoms with van der Waals surface area (Å²) in [4.78, 5) is 4.11. The van der Waals surface area contributed by atoms with Crippen molar-refractivity contribution in [1.29, 1.82) is 0 Å². The van der Waals surface area contributed by atoms with Gasteiger partial charge in [0.05, 0.1) is 11.9 Å². The Hall–Kier alpha value is -1.61.